The number of rotatable bonds is 7. The van der Waals surface area contributed by atoms with Gasteiger partial charge in [-0.3, -0.25) is 0 Å². The minimum absolute atomic E-state index is 0.0439. The monoisotopic (exact) mass is 467 g/mol. The maximum absolute atomic E-state index is 13.3. The van der Waals surface area contributed by atoms with Gasteiger partial charge in [0.05, 0.1) is 12.8 Å². The molecule has 0 aliphatic heterocycles. The van der Waals surface area contributed by atoms with Gasteiger partial charge in [0.2, 0.25) is 0 Å². The fourth-order valence-corrected chi connectivity index (χ4v) is 5.76. The minimum Gasteiger partial charge on any atom is -0.492 e. The van der Waals surface area contributed by atoms with Crippen LogP contribution >= 0.6 is 11.3 Å². The number of anilines is 1. The number of ether oxygens (including phenoxy) is 1. The molecule has 4 aromatic rings. The van der Waals surface area contributed by atoms with Gasteiger partial charge in [-0.15, -0.1) is 11.3 Å². The van der Waals surface area contributed by atoms with Crippen molar-refractivity contribution in [2.75, 3.05) is 18.5 Å². The first-order chi connectivity index (χ1) is 15.4. The average Bonchev–Trinajstić information content (AvgIpc) is 3.44. The van der Waals surface area contributed by atoms with Gasteiger partial charge >= 0.3 is 0 Å². The maximum Gasteiger partial charge on any atom is 0.278 e. The lowest BCUT2D eigenvalue weighted by Crippen LogP contribution is -2.26. The third-order valence-corrected chi connectivity index (χ3v) is 7.98. The summed E-state index contributed by atoms with van der Waals surface area (Å²) in [6.07, 6.45) is 0. The SMILES string of the molecule is COc1c(N=C(c2ccccc2)c2ccccc2)csc1S(=O)(=O)N(C)c1cc(C)on1. The highest BCUT2D eigenvalue weighted by molar-refractivity contribution is 7.94. The molecule has 9 heteroatoms. The zero-order chi connectivity index (χ0) is 22.7. The van der Waals surface area contributed by atoms with Gasteiger partial charge in [-0.25, -0.2) is 9.30 Å². The molecule has 0 atom stereocenters. The molecule has 32 heavy (non-hydrogen) atoms. The van der Waals surface area contributed by atoms with Crippen LogP contribution in [0.25, 0.3) is 0 Å². The van der Waals surface area contributed by atoms with Crippen LogP contribution in [0.4, 0.5) is 11.5 Å². The number of benzene rings is 2. The molecule has 0 fully saturated rings. The predicted octanol–water partition coefficient (Wildman–Crippen LogP) is 5.05. The third kappa shape index (κ3) is 4.17. The lowest BCUT2D eigenvalue weighted by Gasteiger charge is -2.15. The van der Waals surface area contributed by atoms with E-state index in [1.54, 1.807) is 18.4 Å². The van der Waals surface area contributed by atoms with E-state index in [0.29, 0.717) is 17.2 Å². The number of aliphatic imine (C=N–C) groups is 1. The van der Waals surface area contributed by atoms with Crippen molar-refractivity contribution in [1.82, 2.24) is 5.16 Å². The molecule has 0 amide bonds. The molecule has 0 bridgehead atoms. The van der Waals surface area contributed by atoms with E-state index in [1.165, 1.54) is 14.2 Å². The molecule has 0 saturated heterocycles. The van der Waals surface area contributed by atoms with Crippen LogP contribution in [0.3, 0.4) is 0 Å². The average molecular weight is 468 g/mol. The van der Waals surface area contributed by atoms with Crippen LogP contribution in [0.1, 0.15) is 16.9 Å². The highest BCUT2D eigenvalue weighted by Crippen LogP contribution is 2.42. The van der Waals surface area contributed by atoms with Gasteiger partial charge in [0.15, 0.2) is 15.8 Å². The number of sulfonamides is 1. The first-order valence-electron chi connectivity index (χ1n) is 9.69. The van der Waals surface area contributed by atoms with Crippen LogP contribution in [0.15, 0.2) is 85.8 Å². The van der Waals surface area contributed by atoms with Gasteiger partial charge in [0, 0.05) is 29.6 Å². The standard InChI is InChI=1S/C23H21N3O4S2/c1-16-14-20(25-30-16)26(2)32(27,28)23-22(29-3)19(15-31-23)24-21(17-10-6-4-7-11-17)18-12-8-5-9-13-18/h4-15H,1-3H3. The summed E-state index contributed by atoms with van der Waals surface area (Å²) in [5.41, 5.74) is 2.97. The topological polar surface area (TPSA) is 85.0 Å². The van der Waals surface area contributed by atoms with Crippen LogP contribution in [-0.2, 0) is 10.0 Å². The number of aryl methyl sites for hydroxylation is 1. The Morgan fingerprint density at radius 2 is 1.66 bits per heavy atom. The summed E-state index contributed by atoms with van der Waals surface area (Å²) in [7, 11) is -1.07. The third-order valence-electron chi connectivity index (χ3n) is 4.76. The Balaban J connectivity index is 1.82. The Morgan fingerprint density at radius 1 is 1.06 bits per heavy atom. The highest BCUT2D eigenvalue weighted by Gasteiger charge is 2.31. The second-order valence-electron chi connectivity index (χ2n) is 6.90. The normalized spacial score (nSPS) is 11.2. The van der Waals surface area contributed by atoms with E-state index in [-0.39, 0.29) is 15.8 Å². The van der Waals surface area contributed by atoms with E-state index in [4.69, 9.17) is 14.3 Å². The van der Waals surface area contributed by atoms with Crippen LogP contribution in [0.2, 0.25) is 0 Å². The first-order valence-corrected chi connectivity index (χ1v) is 12.0. The quantitative estimate of drug-likeness (QED) is 0.355. The molecular formula is C23H21N3O4S2. The van der Waals surface area contributed by atoms with Crippen LogP contribution in [0, 0.1) is 6.92 Å². The molecule has 7 nitrogen and oxygen atoms in total. The summed E-state index contributed by atoms with van der Waals surface area (Å²) in [6.45, 7) is 1.70. The van der Waals surface area contributed by atoms with Gasteiger partial charge < -0.3 is 9.26 Å². The molecule has 164 valence electrons. The number of nitrogens with zero attached hydrogens (tertiary/aromatic N) is 3. The van der Waals surface area contributed by atoms with Crippen molar-refractivity contribution in [2.45, 2.75) is 11.1 Å². The number of methoxy groups -OCH3 is 1. The summed E-state index contributed by atoms with van der Waals surface area (Å²) >= 11 is 1.05. The Morgan fingerprint density at radius 3 is 2.16 bits per heavy atom. The van der Waals surface area contributed by atoms with Crippen LogP contribution in [-0.4, -0.2) is 33.4 Å². The summed E-state index contributed by atoms with van der Waals surface area (Å²) in [6, 6.07) is 21.0. The summed E-state index contributed by atoms with van der Waals surface area (Å²) < 4.78 is 38.2. The number of aromatic nitrogens is 1. The van der Waals surface area contributed by atoms with E-state index < -0.39 is 10.0 Å². The lowest BCUT2D eigenvalue weighted by molar-refractivity contribution is 0.398. The Hall–Kier alpha value is -3.43. The number of hydrogen-bond acceptors (Lipinski definition) is 7. The zero-order valence-corrected chi connectivity index (χ0v) is 19.4. The van der Waals surface area contributed by atoms with Crippen molar-refractivity contribution < 1.29 is 17.7 Å². The van der Waals surface area contributed by atoms with Crippen molar-refractivity contribution in [2.24, 2.45) is 4.99 Å². The van der Waals surface area contributed by atoms with Crippen molar-refractivity contribution in [3.63, 3.8) is 0 Å². The largest absolute Gasteiger partial charge is 0.492 e. The van der Waals surface area contributed by atoms with Crippen LogP contribution < -0.4 is 9.04 Å². The number of hydrogen-bond donors (Lipinski definition) is 0. The molecule has 4 rings (SSSR count). The van der Waals surface area contributed by atoms with Crippen molar-refractivity contribution in [3.05, 3.63) is 89.0 Å². The van der Waals surface area contributed by atoms with E-state index in [0.717, 1.165) is 26.8 Å². The highest BCUT2D eigenvalue weighted by atomic mass is 32.2. The van der Waals surface area contributed by atoms with Crippen molar-refractivity contribution >= 4 is 38.6 Å². The van der Waals surface area contributed by atoms with Crippen molar-refractivity contribution in [1.29, 1.82) is 0 Å². The van der Waals surface area contributed by atoms with Crippen LogP contribution in [0.5, 0.6) is 5.75 Å². The molecule has 0 unspecified atom stereocenters. The molecule has 2 heterocycles. The Kier molecular flexibility index (Phi) is 6.11. The van der Waals surface area contributed by atoms with E-state index in [9.17, 15) is 8.42 Å². The smallest absolute Gasteiger partial charge is 0.278 e. The molecule has 0 N–H and O–H groups in total. The van der Waals surface area contributed by atoms with Gasteiger partial charge in [0.25, 0.3) is 10.0 Å². The molecule has 0 spiro atoms. The van der Waals surface area contributed by atoms with Crippen molar-refractivity contribution in [3.8, 4) is 5.75 Å². The zero-order valence-electron chi connectivity index (χ0n) is 17.7. The second-order valence-corrected chi connectivity index (χ2v) is 9.95. The fraction of sp³-hybridized carbons (Fsp3) is 0.130. The summed E-state index contributed by atoms with van der Waals surface area (Å²) in [4.78, 5) is 4.83. The molecular weight excluding hydrogens is 446 g/mol. The molecule has 0 radical (unpaired) electrons. The second kappa shape index (κ2) is 8.97. The fourth-order valence-electron chi connectivity index (χ4n) is 3.12. The molecule has 0 aliphatic rings. The summed E-state index contributed by atoms with van der Waals surface area (Å²) in [5.74, 6) is 0.893. The van der Waals surface area contributed by atoms with Gasteiger partial charge in [-0.2, -0.15) is 8.42 Å². The van der Waals surface area contributed by atoms with E-state index in [1.807, 2.05) is 60.7 Å². The maximum atomic E-state index is 13.3. The lowest BCUT2D eigenvalue weighted by atomic mass is 10.0. The predicted molar refractivity (Wildman–Crippen MR) is 126 cm³/mol. The minimum atomic E-state index is -3.93. The van der Waals surface area contributed by atoms with Gasteiger partial charge in [0.1, 0.15) is 11.4 Å². The molecule has 2 aromatic heterocycles. The van der Waals surface area contributed by atoms with Gasteiger partial charge in [-0.1, -0.05) is 65.8 Å². The van der Waals surface area contributed by atoms with E-state index >= 15 is 0 Å². The number of thiophene rings is 1. The van der Waals surface area contributed by atoms with Gasteiger partial charge in [-0.05, 0) is 6.92 Å². The molecule has 0 aliphatic carbocycles. The molecule has 2 aromatic carbocycles. The Bertz CT molecular complexity index is 1300. The Labute approximate surface area is 190 Å². The molecule has 0 saturated carbocycles. The summed E-state index contributed by atoms with van der Waals surface area (Å²) in [5, 5.41) is 5.49. The first kappa shape index (κ1) is 21.8. The van der Waals surface area contributed by atoms with E-state index in [2.05, 4.69) is 5.16 Å².